The fourth-order valence-corrected chi connectivity index (χ4v) is 1.57. The van der Waals surface area contributed by atoms with E-state index in [0.717, 1.165) is 19.5 Å². The van der Waals surface area contributed by atoms with E-state index in [9.17, 15) is 0 Å². The van der Waals surface area contributed by atoms with Gasteiger partial charge in [0.15, 0.2) is 0 Å². The molecule has 0 aliphatic heterocycles. The molecule has 2 heteroatoms. The minimum absolute atomic E-state index is 0.273. The molecule has 0 radical (unpaired) electrons. The van der Waals surface area contributed by atoms with E-state index in [2.05, 4.69) is 17.2 Å². The van der Waals surface area contributed by atoms with E-state index in [-0.39, 0.29) is 5.54 Å². The van der Waals surface area contributed by atoms with Gasteiger partial charge in [0.2, 0.25) is 0 Å². The summed E-state index contributed by atoms with van der Waals surface area (Å²) in [6.07, 6.45) is 4.74. The van der Waals surface area contributed by atoms with Gasteiger partial charge in [-0.2, -0.15) is 0 Å². The van der Waals surface area contributed by atoms with Gasteiger partial charge >= 0.3 is 0 Å². The fourth-order valence-electron chi connectivity index (χ4n) is 1.57. The average molecular weight is 166 g/mol. The molecule has 3 N–H and O–H groups in total. The number of hydrogen-bond donors (Lipinski definition) is 2. The third-order valence-corrected chi connectivity index (χ3v) is 2.63. The Balaban J connectivity index is 2.14. The van der Waals surface area contributed by atoms with Gasteiger partial charge in [-0.3, -0.25) is 0 Å². The molecule has 0 unspecified atom stereocenters. The standard InChI is InChI=1S/C10H18N2/c1-2-3-4-8-12-10(9-11)6-5-7-10/h12H,4-9,11H2,1H3. The Labute approximate surface area is 74.9 Å². The van der Waals surface area contributed by atoms with Gasteiger partial charge in [-0.05, 0) is 26.2 Å². The molecule has 68 valence electrons. The van der Waals surface area contributed by atoms with Crippen molar-refractivity contribution in [2.75, 3.05) is 13.1 Å². The van der Waals surface area contributed by atoms with Gasteiger partial charge in [-0.1, -0.05) is 0 Å². The highest BCUT2D eigenvalue weighted by molar-refractivity contribution is 4.99. The van der Waals surface area contributed by atoms with Crippen LogP contribution in [-0.4, -0.2) is 18.6 Å². The predicted octanol–water partition coefficient (Wildman–Crippen LogP) is 0.871. The lowest BCUT2D eigenvalue weighted by Crippen LogP contribution is -2.56. The van der Waals surface area contributed by atoms with Crippen LogP contribution in [0.25, 0.3) is 0 Å². The molecule has 1 rings (SSSR count). The second-order valence-electron chi connectivity index (χ2n) is 3.44. The molecular weight excluding hydrogens is 148 g/mol. The summed E-state index contributed by atoms with van der Waals surface area (Å²) >= 11 is 0. The normalized spacial score (nSPS) is 19.2. The average Bonchev–Trinajstić information content (AvgIpc) is 2.02. The van der Waals surface area contributed by atoms with Crippen molar-refractivity contribution in [3.63, 3.8) is 0 Å². The molecular formula is C10H18N2. The molecule has 0 spiro atoms. The van der Waals surface area contributed by atoms with E-state index in [1.165, 1.54) is 19.3 Å². The second-order valence-corrected chi connectivity index (χ2v) is 3.44. The van der Waals surface area contributed by atoms with E-state index in [4.69, 9.17) is 5.73 Å². The molecule has 0 saturated heterocycles. The van der Waals surface area contributed by atoms with Crippen LogP contribution in [0.4, 0.5) is 0 Å². The van der Waals surface area contributed by atoms with Gasteiger partial charge in [-0.15, -0.1) is 11.8 Å². The van der Waals surface area contributed by atoms with Crippen molar-refractivity contribution in [2.45, 2.75) is 38.1 Å². The largest absolute Gasteiger partial charge is 0.329 e. The van der Waals surface area contributed by atoms with E-state index in [1.807, 2.05) is 6.92 Å². The highest BCUT2D eigenvalue weighted by Crippen LogP contribution is 2.30. The molecule has 0 bridgehead atoms. The van der Waals surface area contributed by atoms with Gasteiger partial charge in [-0.25, -0.2) is 0 Å². The molecule has 2 nitrogen and oxygen atoms in total. The lowest BCUT2D eigenvalue weighted by Gasteiger charge is -2.41. The molecule has 0 aromatic carbocycles. The minimum Gasteiger partial charge on any atom is -0.329 e. The van der Waals surface area contributed by atoms with Gasteiger partial charge in [0, 0.05) is 25.0 Å². The van der Waals surface area contributed by atoms with Crippen LogP contribution in [0.5, 0.6) is 0 Å². The van der Waals surface area contributed by atoms with Crippen molar-refractivity contribution in [1.29, 1.82) is 0 Å². The van der Waals surface area contributed by atoms with Crippen LogP contribution in [-0.2, 0) is 0 Å². The first kappa shape index (κ1) is 9.57. The lowest BCUT2D eigenvalue weighted by molar-refractivity contribution is 0.195. The van der Waals surface area contributed by atoms with Gasteiger partial charge in [0.25, 0.3) is 0 Å². The van der Waals surface area contributed by atoms with Crippen LogP contribution < -0.4 is 11.1 Å². The van der Waals surface area contributed by atoms with Crippen molar-refractivity contribution in [3.8, 4) is 11.8 Å². The van der Waals surface area contributed by atoms with Crippen molar-refractivity contribution in [1.82, 2.24) is 5.32 Å². The van der Waals surface area contributed by atoms with Crippen molar-refractivity contribution < 1.29 is 0 Å². The smallest absolute Gasteiger partial charge is 0.0304 e. The Morgan fingerprint density at radius 3 is 2.67 bits per heavy atom. The summed E-state index contributed by atoms with van der Waals surface area (Å²) in [4.78, 5) is 0. The Hall–Kier alpha value is -0.520. The topological polar surface area (TPSA) is 38.0 Å². The summed E-state index contributed by atoms with van der Waals surface area (Å²) in [6, 6.07) is 0. The van der Waals surface area contributed by atoms with Gasteiger partial charge < -0.3 is 11.1 Å². The van der Waals surface area contributed by atoms with Crippen LogP contribution in [0, 0.1) is 11.8 Å². The Morgan fingerprint density at radius 1 is 1.50 bits per heavy atom. The second kappa shape index (κ2) is 4.49. The molecule has 1 saturated carbocycles. The number of rotatable bonds is 4. The lowest BCUT2D eigenvalue weighted by atomic mass is 9.77. The fraction of sp³-hybridized carbons (Fsp3) is 0.800. The van der Waals surface area contributed by atoms with Crippen molar-refractivity contribution >= 4 is 0 Å². The van der Waals surface area contributed by atoms with Crippen LogP contribution >= 0.6 is 0 Å². The van der Waals surface area contributed by atoms with E-state index in [1.54, 1.807) is 0 Å². The summed E-state index contributed by atoms with van der Waals surface area (Å²) in [5.74, 6) is 5.93. The van der Waals surface area contributed by atoms with Gasteiger partial charge in [0.05, 0.1) is 0 Å². The summed E-state index contributed by atoms with van der Waals surface area (Å²) in [5.41, 5.74) is 5.96. The summed E-state index contributed by atoms with van der Waals surface area (Å²) in [5, 5.41) is 3.49. The number of hydrogen-bond acceptors (Lipinski definition) is 2. The first-order valence-corrected chi connectivity index (χ1v) is 4.68. The monoisotopic (exact) mass is 166 g/mol. The van der Waals surface area contributed by atoms with Crippen LogP contribution in [0.2, 0.25) is 0 Å². The van der Waals surface area contributed by atoms with Crippen LogP contribution in [0.15, 0.2) is 0 Å². The molecule has 1 aliphatic carbocycles. The molecule has 1 aliphatic rings. The van der Waals surface area contributed by atoms with Crippen LogP contribution in [0.3, 0.4) is 0 Å². The van der Waals surface area contributed by atoms with E-state index in [0.29, 0.717) is 0 Å². The molecule has 1 fully saturated rings. The first-order valence-electron chi connectivity index (χ1n) is 4.68. The quantitative estimate of drug-likeness (QED) is 0.480. The van der Waals surface area contributed by atoms with Crippen molar-refractivity contribution in [2.24, 2.45) is 5.73 Å². The maximum Gasteiger partial charge on any atom is 0.0304 e. The zero-order valence-corrected chi connectivity index (χ0v) is 7.82. The molecule has 0 aromatic rings. The zero-order chi connectivity index (χ0) is 8.86. The predicted molar refractivity (Wildman–Crippen MR) is 51.7 cm³/mol. The van der Waals surface area contributed by atoms with E-state index < -0.39 is 0 Å². The number of nitrogens with one attached hydrogen (secondary N) is 1. The van der Waals surface area contributed by atoms with E-state index >= 15 is 0 Å². The highest BCUT2D eigenvalue weighted by Gasteiger charge is 2.34. The van der Waals surface area contributed by atoms with Crippen LogP contribution in [0.1, 0.15) is 32.6 Å². The maximum atomic E-state index is 5.68. The molecule has 0 heterocycles. The van der Waals surface area contributed by atoms with Crippen molar-refractivity contribution in [3.05, 3.63) is 0 Å². The highest BCUT2D eigenvalue weighted by atomic mass is 15.0. The third-order valence-electron chi connectivity index (χ3n) is 2.63. The zero-order valence-electron chi connectivity index (χ0n) is 7.82. The molecule has 12 heavy (non-hydrogen) atoms. The van der Waals surface area contributed by atoms with Gasteiger partial charge in [0.1, 0.15) is 0 Å². The Morgan fingerprint density at radius 2 is 2.25 bits per heavy atom. The first-order chi connectivity index (χ1) is 5.83. The maximum absolute atomic E-state index is 5.68. The molecule has 0 atom stereocenters. The third kappa shape index (κ3) is 2.23. The SMILES string of the molecule is CC#CCCNC1(CN)CCC1. The molecule has 0 amide bonds. The minimum atomic E-state index is 0.273. The number of nitrogens with two attached hydrogens (primary N) is 1. The summed E-state index contributed by atoms with van der Waals surface area (Å²) in [7, 11) is 0. The summed E-state index contributed by atoms with van der Waals surface area (Å²) in [6.45, 7) is 3.63. The Bertz CT molecular complexity index is 178. The Kier molecular flexibility index (Phi) is 3.58. The summed E-state index contributed by atoms with van der Waals surface area (Å²) < 4.78 is 0. The molecule has 0 aromatic heterocycles.